The van der Waals surface area contributed by atoms with Crippen LogP contribution < -0.4 is 5.32 Å². The fraction of sp³-hybridized carbons (Fsp3) is 0.300. The first-order chi connectivity index (χ1) is 6.33. The van der Waals surface area contributed by atoms with E-state index in [1.807, 2.05) is 18.2 Å². The first kappa shape index (κ1) is 10.7. The fourth-order valence-electron chi connectivity index (χ4n) is 0.998. The average Bonchev–Trinajstić information content (AvgIpc) is 2.19. The Kier molecular flexibility index (Phi) is 5.00. The molecule has 0 aromatic heterocycles. The van der Waals surface area contributed by atoms with Crippen molar-refractivity contribution in [3.05, 3.63) is 35.9 Å². The molecule has 0 spiro atoms. The molecule has 3 heteroatoms. The predicted molar refractivity (Wildman–Crippen MR) is 62.0 cm³/mol. The molecule has 1 aromatic carbocycles. The number of alkyl halides is 1. The Morgan fingerprint density at radius 3 is 2.69 bits per heavy atom. The lowest BCUT2D eigenvalue weighted by Crippen LogP contribution is -2.23. The Bertz CT molecular complexity index is 250. The lowest BCUT2D eigenvalue weighted by Gasteiger charge is -2.04. The molecule has 0 radical (unpaired) electrons. The highest BCUT2D eigenvalue weighted by atomic mass is 127. The molecule has 0 aliphatic rings. The van der Waals surface area contributed by atoms with Crippen LogP contribution in [-0.2, 0) is 11.3 Å². The molecule has 0 saturated heterocycles. The van der Waals surface area contributed by atoms with Crippen molar-refractivity contribution in [2.45, 2.75) is 10.5 Å². The van der Waals surface area contributed by atoms with Crippen LogP contribution in [0.5, 0.6) is 0 Å². The van der Waals surface area contributed by atoms with Gasteiger partial charge in [0.05, 0.1) is 3.92 Å². The summed E-state index contributed by atoms with van der Waals surface area (Å²) < 4.78 is 0.0707. The summed E-state index contributed by atoms with van der Waals surface area (Å²) in [5.41, 5.74) is 1.25. The normalized spacial score (nSPS) is 12.4. The molecular formula is C10H12INO. The maximum Gasteiger partial charge on any atom is 0.134 e. The Hall–Kier alpha value is -0.420. The van der Waals surface area contributed by atoms with Gasteiger partial charge >= 0.3 is 0 Å². The van der Waals surface area contributed by atoms with Gasteiger partial charge in [0, 0.05) is 13.1 Å². The van der Waals surface area contributed by atoms with Crippen molar-refractivity contribution in [3.63, 3.8) is 0 Å². The van der Waals surface area contributed by atoms with E-state index in [-0.39, 0.29) is 3.92 Å². The smallest absolute Gasteiger partial charge is 0.134 e. The first-order valence-corrected chi connectivity index (χ1v) is 5.41. The van der Waals surface area contributed by atoms with E-state index in [0.29, 0.717) is 0 Å². The minimum absolute atomic E-state index is 0.0707. The maximum absolute atomic E-state index is 10.3. The van der Waals surface area contributed by atoms with Crippen molar-refractivity contribution >= 4 is 28.9 Å². The summed E-state index contributed by atoms with van der Waals surface area (Å²) in [7, 11) is 0. The molecule has 2 nitrogen and oxygen atoms in total. The number of carbonyl (C=O) groups is 1. The van der Waals surface area contributed by atoms with E-state index >= 15 is 0 Å². The van der Waals surface area contributed by atoms with Crippen LogP contribution in [0.1, 0.15) is 5.56 Å². The van der Waals surface area contributed by atoms with Crippen molar-refractivity contribution in [2.75, 3.05) is 6.54 Å². The zero-order valence-electron chi connectivity index (χ0n) is 7.24. The Morgan fingerprint density at radius 2 is 2.08 bits per heavy atom. The Labute approximate surface area is 91.9 Å². The van der Waals surface area contributed by atoms with Gasteiger partial charge in [0.1, 0.15) is 6.29 Å². The van der Waals surface area contributed by atoms with Gasteiger partial charge in [-0.1, -0.05) is 52.9 Å². The summed E-state index contributed by atoms with van der Waals surface area (Å²) in [6, 6.07) is 10.2. The lowest BCUT2D eigenvalue weighted by molar-refractivity contribution is -0.107. The van der Waals surface area contributed by atoms with Crippen LogP contribution in [0.4, 0.5) is 0 Å². The maximum atomic E-state index is 10.3. The van der Waals surface area contributed by atoms with E-state index in [2.05, 4.69) is 40.0 Å². The van der Waals surface area contributed by atoms with Crippen LogP contribution in [0.3, 0.4) is 0 Å². The highest BCUT2D eigenvalue weighted by Gasteiger charge is 1.99. The molecule has 70 valence electrons. The monoisotopic (exact) mass is 289 g/mol. The minimum atomic E-state index is 0.0707. The first-order valence-electron chi connectivity index (χ1n) is 4.17. The number of hydrogen-bond acceptors (Lipinski definition) is 2. The van der Waals surface area contributed by atoms with E-state index in [1.165, 1.54) is 5.56 Å². The standard InChI is InChI=1S/C10H12INO/c11-10(8-13)7-12-6-9-4-2-1-3-5-9/h1-5,8,10,12H,6-7H2. The second-order valence-corrected chi connectivity index (χ2v) is 4.37. The van der Waals surface area contributed by atoms with Gasteiger partial charge in [-0.3, -0.25) is 0 Å². The lowest BCUT2D eigenvalue weighted by atomic mass is 10.2. The van der Waals surface area contributed by atoms with Crippen molar-refractivity contribution in [1.29, 1.82) is 0 Å². The molecule has 1 N–H and O–H groups in total. The summed E-state index contributed by atoms with van der Waals surface area (Å²) in [5, 5.41) is 3.21. The van der Waals surface area contributed by atoms with E-state index in [4.69, 9.17) is 0 Å². The van der Waals surface area contributed by atoms with Crippen molar-refractivity contribution in [3.8, 4) is 0 Å². The number of halogens is 1. The summed E-state index contributed by atoms with van der Waals surface area (Å²) in [6.07, 6.45) is 0.957. The molecule has 1 atom stereocenters. The van der Waals surface area contributed by atoms with Gasteiger partial charge in [0.25, 0.3) is 0 Å². The van der Waals surface area contributed by atoms with Gasteiger partial charge in [-0.05, 0) is 5.56 Å². The van der Waals surface area contributed by atoms with E-state index < -0.39 is 0 Å². The zero-order valence-corrected chi connectivity index (χ0v) is 9.40. The van der Waals surface area contributed by atoms with Crippen molar-refractivity contribution in [2.24, 2.45) is 0 Å². The van der Waals surface area contributed by atoms with Gasteiger partial charge in [-0.15, -0.1) is 0 Å². The highest BCUT2D eigenvalue weighted by Crippen LogP contribution is 1.98. The van der Waals surface area contributed by atoms with Gasteiger partial charge in [-0.25, -0.2) is 0 Å². The van der Waals surface area contributed by atoms with E-state index in [1.54, 1.807) is 0 Å². The van der Waals surface area contributed by atoms with Crippen LogP contribution in [0.2, 0.25) is 0 Å². The van der Waals surface area contributed by atoms with E-state index in [9.17, 15) is 4.79 Å². The Balaban J connectivity index is 2.24. The largest absolute Gasteiger partial charge is 0.311 e. The summed E-state index contributed by atoms with van der Waals surface area (Å²) in [4.78, 5) is 10.3. The summed E-state index contributed by atoms with van der Waals surface area (Å²) in [6.45, 7) is 1.56. The molecule has 13 heavy (non-hydrogen) atoms. The number of hydrogen-bond donors (Lipinski definition) is 1. The molecule has 0 aliphatic carbocycles. The molecule has 0 aliphatic heterocycles. The summed E-state index contributed by atoms with van der Waals surface area (Å²) in [5.74, 6) is 0. The molecule has 0 heterocycles. The van der Waals surface area contributed by atoms with Gasteiger partial charge < -0.3 is 10.1 Å². The van der Waals surface area contributed by atoms with Gasteiger partial charge in [-0.2, -0.15) is 0 Å². The van der Waals surface area contributed by atoms with Crippen LogP contribution in [-0.4, -0.2) is 16.8 Å². The third kappa shape index (κ3) is 4.38. The van der Waals surface area contributed by atoms with Crippen molar-refractivity contribution < 1.29 is 4.79 Å². The predicted octanol–water partition coefficient (Wildman–Crippen LogP) is 1.78. The second kappa shape index (κ2) is 6.10. The molecule has 0 amide bonds. The molecule has 1 aromatic rings. The van der Waals surface area contributed by atoms with E-state index in [0.717, 1.165) is 19.4 Å². The van der Waals surface area contributed by atoms with Crippen LogP contribution in [0.15, 0.2) is 30.3 Å². The number of carbonyl (C=O) groups excluding carboxylic acids is 1. The van der Waals surface area contributed by atoms with Gasteiger partial charge in [0.2, 0.25) is 0 Å². The average molecular weight is 289 g/mol. The topological polar surface area (TPSA) is 29.1 Å². The Morgan fingerprint density at radius 1 is 1.38 bits per heavy atom. The highest BCUT2D eigenvalue weighted by molar-refractivity contribution is 14.1. The van der Waals surface area contributed by atoms with Crippen LogP contribution in [0.25, 0.3) is 0 Å². The number of benzene rings is 1. The molecule has 1 rings (SSSR count). The SMILES string of the molecule is O=CC(I)CNCc1ccccc1. The van der Waals surface area contributed by atoms with Crippen LogP contribution in [0, 0.1) is 0 Å². The van der Waals surface area contributed by atoms with Crippen LogP contribution >= 0.6 is 22.6 Å². The zero-order chi connectivity index (χ0) is 9.52. The second-order valence-electron chi connectivity index (χ2n) is 2.77. The quantitative estimate of drug-likeness (QED) is 0.508. The number of nitrogens with one attached hydrogen (secondary N) is 1. The number of rotatable bonds is 5. The number of aldehydes is 1. The fourth-order valence-corrected chi connectivity index (χ4v) is 1.31. The minimum Gasteiger partial charge on any atom is -0.311 e. The molecular weight excluding hydrogens is 277 g/mol. The van der Waals surface area contributed by atoms with Gasteiger partial charge in [0.15, 0.2) is 0 Å². The molecule has 0 saturated carbocycles. The summed E-state index contributed by atoms with van der Waals surface area (Å²) >= 11 is 2.12. The van der Waals surface area contributed by atoms with Crippen molar-refractivity contribution in [1.82, 2.24) is 5.32 Å². The molecule has 1 unspecified atom stereocenters. The third-order valence-corrected chi connectivity index (χ3v) is 2.39. The molecule has 0 fully saturated rings. The molecule has 0 bridgehead atoms. The third-order valence-electron chi connectivity index (χ3n) is 1.66.